The van der Waals surface area contributed by atoms with Gasteiger partial charge in [-0.15, -0.1) is 0 Å². The van der Waals surface area contributed by atoms with Crippen LogP contribution < -0.4 is 4.90 Å². The van der Waals surface area contributed by atoms with Crippen molar-refractivity contribution in [2.75, 3.05) is 18.5 Å². The average Bonchev–Trinajstić information content (AvgIpc) is 2.19. The lowest BCUT2D eigenvalue weighted by Gasteiger charge is -2.27. The van der Waals surface area contributed by atoms with Crippen LogP contribution in [0, 0.1) is 0 Å². The molecule has 1 aromatic carbocycles. The molecule has 0 fully saturated rings. The van der Waals surface area contributed by atoms with Gasteiger partial charge in [0.25, 0.3) is 0 Å². The smallest absolute Gasteiger partial charge is 0.125 e. The molecule has 1 heterocycles. The molecule has 0 unspecified atom stereocenters. The second-order valence-corrected chi connectivity index (χ2v) is 4.25. The van der Waals surface area contributed by atoms with E-state index < -0.39 is 0 Å². The Morgan fingerprint density at radius 2 is 2.13 bits per heavy atom. The van der Waals surface area contributed by atoms with E-state index >= 15 is 0 Å². The number of likely N-dealkylation sites (N-methyl/N-ethyl adjacent to an activating group) is 1. The normalized spacial score (nSPS) is 14.9. The van der Waals surface area contributed by atoms with E-state index in [4.69, 9.17) is 0 Å². The summed E-state index contributed by atoms with van der Waals surface area (Å²) in [5.41, 5.74) is 4.56. The molecule has 0 bridgehead atoms. The number of aromatic hydroxyl groups is 1. The van der Waals surface area contributed by atoms with Gasteiger partial charge in [-0.05, 0) is 37.1 Å². The van der Waals surface area contributed by atoms with Gasteiger partial charge >= 0.3 is 0 Å². The Bertz CT molecular complexity index is 421. The first-order valence-electron chi connectivity index (χ1n) is 5.36. The highest BCUT2D eigenvalue weighted by atomic mass is 16.3. The first-order chi connectivity index (χ1) is 7.11. The van der Waals surface area contributed by atoms with Crippen LogP contribution in [-0.4, -0.2) is 18.7 Å². The van der Waals surface area contributed by atoms with Crippen LogP contribution in [0.2, 0.25) is 0 Å². The third-order valence-corrected chi connectivity index (χ3v) is 2.89. The van der Waals surface area contributed by atoms with Crippen molar-refractivity contribution in [3.8, 4) is 5.75 Å². The molecule has 2 heteroatoms. The minimum atomic E-state index is 0.398. The van der Waals surface area contributed by atoms with E-state index in [1.54, 1.807) is 0 Å². The highest BCUT2D eigenvalue weighted by molar-refractivity contribution is 5.77. The van der Waals surface area contributed by atoms with E-state index in [2.05, 4.69) is 37.9 Å². The third-order valence-electron chi connectivity index (χ3n) is 2.89. The molecule has 0 saturated carbocycles. The number of fused-ring (bicyclic) bond motifs is 1. The Morgan fingerprint density at radius 3 is 2.80 bits per heavy atom. The molecule has 0 atom stereocenters. The van der Waals surface area contributed by atoms with Crippen molar-refractivity contribution in [3.05, 3.63) is 28.8 Å². The molecule has 0 aromatic heterocycles. The summed E-state index contributed by atoms with van der Waals surface area (Å²) in [6.07, 6.45) is 3.03. The maximum absolute atomic E-state index is 9.93. The van der Waals surface area contributed by atoms with Crippen molar-refractivity contribution >= 4 is 11.8 Å². The van der Waals surface area contributed by atoms with Crippen LogP contribution in [-0.2, 0) is 6.42 Å². The van der Waals surface area contributed by atoms with Crippen molar-refractivity contribution in [3.63, 3.8) is 0 Å². The van der Waals surface area contributed by atoms with Gasteiger partial charge in [-0.2, -0.15) is 0 Å². The molecule has 0 aliphatic carbocycles. The summed E-state index contributed by atoms with van der Waals surface area (Å²) in [7, 11) is 2.06. The molecule has 1 N–H and O–H groups in total. The minimum absolute atomic E-state index is 0.398. The maximum Gasteiger partial charge on any atom is 0.125 e. The van der Waals surface area contributed by atoms with Gasteiger partial charge in [0.05, 0.1) is 0 Å². The van der Waals surface area contributed by atoms with E-state index in [-0.39, 0.29) is 0 Å². The Balaban J connectivity index is 2.60. The predicted molar refractivity (Wildman–Crippen MR) is 64.4 cm³/mol. The van der Waals surface area contributed by atoms with Crippen molar-refractivity contribution in [1.82, 2.24) is 0 Å². The molecule has 0 radical (unpaired) electrons. The number of aryl methyl sites for hydroxylation is 1. The van der Waals surface area contributed by atoms with Gasteiger partial charge in [0.2, 0.25) is 0 Å². The summed E-state index contributed by atoms with van der Waals surface area (Å²) in [5, 5.41) is 9.93. The lowest BCUT2D eigenvalue weighted by atomic mass is 9.99. The third kappa shape index (κ3) is 1.72. The molecular weight excluding hydrogens is 186 g/mol. The molecule has 0 spiro atoms. The molecule has 0 amide bonds. The number of anilines is 1. The molecule has 1 aromatic rings. The number of nitrogens with zero attached hydrogens (tertiary/aromatic N) is 1. The summed E-state index contributed by atoms with van der Waals surface area (Å²) >= 11 is 0. The molecule has 2 nitrogen and oxygen atoms in total. The topological polar surface area (TPSA) is 23.5 Å². The fourth-order valence-corrected chi connectivity index (χ4v) is 2.10. The van der Waals surface area contributed by atoms with Crippen LogP contribution in [0.15, 0.2) is 17.7 Å². The summed E-state index contributed by atoms with van der Waals surface area (Å²) in [5.74, 6) is 0.398. The van der Waals surface area contributed by atoms with Gasteiger partial charge in [-0.25, -0.2) is 0 Å². The molecular formula is C13H17NO. The van der Waals surface area contributed by atoms with Gasteiger partial charge in [0, 0.05) is 24.8 Å². The molecule has 1 aliphatic rings. The molecule has 2 rings (SSSR count). The average molecular weight is 203 g/mol. The Labute approximate surface area is 90.8 Å². The minimum Gasteiger partial charge on any atom is -0.507 e. The zero-order valence-electron chi connectivity index (χ0n) is 9.54. The largest absolute Gasteiger partial charge is 0.507 e. The fraction of sp³-hybridized carbons (Fsp3) is 0.385. The van der Waals surface area contributed by atoms with Crippen molar-refractivity contribution in [2.24, 2.45) is 0 Å². The number of rotatable bonds is 1. The molecule has 1 aliphatic heterocycles. The zero-order chi connectivity index (χ0) is 11.0. The second-order valence-electron chi connectivity index (χ2n) is 4.25. The molecule has 15 heavy (non-hydrogen) atoms. The monoisotopic (exact) mass is 203 g/mol. The van der Waals surface area contributed by atoms with Crippen LogP contribution in [0.5, 0.6) is 5.75 Å². The summed E-state index contributed by atoms with van der Waals surface area (Å²) < 4.78 is 0. The maximum atomic E-state index is 9.93. The number of hydrogen-bond acceptors (Lipinski definition) is 2. The van der Waals surface area contributed by atoms with E-state index in [0.29, 0.717) is 5.75 Å². The van der Waals surface area contributed by atoms with Crippen molar-refractivity contribution in [1.29, 1.82) is 0 Å². The lowest BCUT2D eigenvalue weighted by molar-refractivity contribution is 0.473. The quantitative estimate of drug-likeness (QED) is 0.758. The van der Waals surface area contributed by atoms with Crippen LogP contribution >= 0.6 is 0 Å². The predicted octanol–water partition coefficient (Wildman–Crippen LogP) is 2.81. The van der Waals surface area contributed by atoms with Gasteiger partial charge in [0.15, 0.2) is 0 Å². The first kappa shape index (κ1) is 10.1. The van der Waals surface area contributed by atoms with E-state index in [1.807, 2.05) is 6.07 Å². The number of benzene rings is 1. The Hall–Kier alpha value is -1.44. The van der Waals surface area contributed by atoms with E-state index in [0.717, 1.165) is 24.2 Å². The van der Waals surface area contributed by atoms with E-state index in [9.17, 15) is 5.11 Å². The van der Waals surface area contributed by atoms with Crippen LogP contribution in [0.4, 0.5) is 5.69 Å². The van der Waals surface area contributed by atoms with E-state index in [1.165, 1.54) is 11.1 Å². The van der Waals surface area contributed by atoms with Crippen LogP contribution in [0.25, 0.3) is 6.08 Å². The molecule has 0 saturated heterocycles. The van der Waals surface area contributed by atoms with Gasteiger partial charge in [-0.3, -0.25) is 0 Å². The van der Waals surface area contributed by atoms with Crippen LogP contribution in [0.1, 0.15) is 25.0 Å². The highest BCUT2D eigenvalue weighted by Crippen LogP contribution is 2.35. The highest BCUT2D eigenvalue weighted by Gasteiger charge is 2.16. The van der Waals surface area contributed by atoms with Crippen LogP contribution in [0.3, 0.4) is 0 Å². The van der Waals surface area contributed by atoms with Crippen molar-refractivity contribution in [2.45, 2.75) is 20.3 Å². The summed E-state index contributed by atoms with van der Waals surface area (Å²) in [4.78, 5) is 2.18. The fourth-order valence-electron chi connectivity index (χ4n) is 2.10. The number of phenolic OH excluding ortho intramolecular Hbond substituents is 1. The lowest BCUT2D eigenvalue weighted by Crippen LogP contribution is -2.23. The standard InChI is InChI=1S/C13H17NO/c1-4-10-6-12-11(13(15)7-10)5-9(2)8-14(12)3/h5-7,15H,4,8H2,1-3H3. The SMILES string of the molecule is CCc1cc(O)c2c(c1)N(C)CC(C)=C2. The van der Waals surface area contributed by atoms with Gasteiger partial charge < -0.3 is 10.0 Å². The summed E-state index contributed by atoms with van der Waals surface area (Å²) in [6.45, 7) is 5.14. The van der Waals surface area contributed by atoms with Crippen molar-refractivity contribution < 1.29 is 5.11 Å². The Kier molecular flexibility index (Phi) is 2.43. The first-order valence-corrected chi connectivity index (χ1v) is 5.36. The van der Waals surface area contributed by atoms with Gasteiger partial charge in [0.1, 0.15) is 5.75 Å². The number of phenols is 1. The second kappa shape index (κ2) is 3.61. The summed E-state index contributed by atoms with van der Waals surface area (Å²) in [6, 6.07) is 4.03. The Morgan fingerprint density at radius 1 is 1.40 bits per heavy atom. The number of hydrogen-bond donors (Lipinski definition) is 1. The molecule has 80 valence electrons. The van der Waals surface area contributed by atoms with Gasteiger partial charge in [-0.1, -0.05) is 12.5 Å². The zero-order valence-corrected chi connectivity index (χ0v) is 9.54.